The molecule has 0 saturated heterocycles. The van der Waals surface area contributed by atoms with Crippen LogP contribution in [0.25, 0.3) is 0 Å². The van der Waals surface area contributed by atoms with Gasteiger partial charge in [-0.25, -0.2) is 0 Å². The highest BCUT2D eigenvalue weighted by Crippen LogP contribution is 2.27. The third-order valence-electron chi connectivity index (χ3n) is 3.40. The average molecular weight is 394 g/mol. The Morgan fingerprint density at radius 1 is 1.41 bits per heavy atom. The van der Waals surface area contributed by atoms with Crippen molar-refractivity contribution in [2.45, 2.75) is 13.2 Å². The first kappa shape index (κ1) is 18.5. The van der Waals surface area contributed by atoms with Crippen LogP contribution in [0.3, 0.4) is 0 Å². The first-order chi connectivity index (χ1) is 12.9. The standard InChI is InChI=1S/C16H12F2N4O4S/c17-16(18)26-13-4-2-1-3-12(13)20-15(23)14-5-10(9-27-14)7-21-8-11(6-19-21)22(24)25/h1-6,8-9,16H,7H2,(H,20,23). The van der Waals surface area contributed by atoms with Crippen molar-refractivity contribution in [3.63, 3.8) is 0 Å². The smallest absolute Gasteiger partial charge is 0.387 e. The fraction of sp³-hybridized carbons (Fsp3) is 0.125. The molecule has 0 bridgehead atoms. The highest BCUT2D eigenvalue weighted by Gasteiger charge is 2.15. The third-order valence-corrected chi connectivity index (χ3v) is 4.38. The van der Waals surface area contributed by atoms with Crippen LogP contribution in [0.2, 0.25) is 0 Å². The molecule has 140 valence electrons. The summed E-state index contributed by atoms with van der Waals surface area (Å²) >= 11 is 1.15. The molecular weight excluding hydrogens is 382 g/mol. The lowest BCUT2D eigenvalue weighted by molar-refractivity contribution is -0.385. The summed E-state index contributed by atoms with van der Waals surface area (Å²) in [4.78, 5) is 22.8. The third kappa shape index (κ3) is 4.64. The van der Waals surface area contributed by atoms with E-state index in [4.69, 9.17) is 0 Å². The molecule has 0 unspecified atom stereocenters. The summed E-state index contributed by atoms with van der Waals surface area (Å²) in [5.74, 6) is -0.621. The summed E-state index contributed by atoms with van der Waals surface area (Å²) in [6.45, 7) is -2.75. The van der Waals surface area contributed by atoms with Gasteiger partial charge in [0.2, 0.25) is 0 Å². The van der Waals surface area contributed by atoms with Gasteiger partial charge in [-0.3, -0.25) is 19.6 Å². The summed E-state index contributed by atoms with van der Waals surface area (Å²) in [7, 11) is 0. The molecule has 0 saturated carbocycles. The van der Waals surface area contributed by atoms with Crippen molar-refractivity contribution in [2.75, 3.05) is 5.32 Å². The maximum Gasteiger partial charge on any atom is 0.387 e. The summed E-state index contributed by atoms with van der Waals surface area (Å²) < 4.78 is 30.6. The molecule has 1 aromatic carbocycles. The summed E-state index contributed by atoms with van der Waals surface area (Å²) in [5.41, 5.74) is 0.722. The number of thiophene rings is 1. The van der Waals surface area contributed by atoms with E-state index in [0.29, 0.717) is 4.88 Å². The maximum absolute atomic E-state index is 12.4. The van der Waals surface area contributed by atoms with Crippen molar-refractivity contribution in [1.29, 1.82) is 0 Å². The van der Waals surface area contributed by atoms with Gasteiger partial charge < -0.3 is 10.1 Å². The number of hydrogen-bond acceptors (Lipinski definition) is 6. The molecule has 3 rings (SSSR count). The first-order valence-corrected chi connectivity index (χ1v) is 8.40. The summed E-state index contributed by atoms with van der Waals surface area (Å²) in [6.07, 6.45) is 2.43. The van der Waals surface area contributed by atoms with Gasteiger partial charge in [0.1, 0.15) is 18.1 Å². The van der Waals surface area contributed by atoms with Crippen molar-refractivity contribution in [3.05, 3.63) is 68.7 Å². The lowest BCUT2D eigenvalue weighted by Gasteiger charge is -2.10. The summed E-state index contributed by atoms with van der Waals surface area (Å²) in [6, 6.07) is 7.47. The number of amides is 1. The lowest BCUT2D eigenvalue weighted by atomic mass is 10.2. The Morgan fingerprint density at radius 2 is 2.19 bits per heavy atom. The number of nitrogens with zero attached hydrogens (tertiary/aromatic N) is 3. The Hall–Kier alpha value is -3.34. The van der Waals surface area contributed by atoms with Crippen LogP contribution in [-0.4, -0.2) is 27.2 Å². The van der Waals surface area contributed by atoms with Crippen LogP contribution in [0.1, 0.15) is 15.2 Å². The maximum atomic E-state index is 12.4. The van der Waals surface area contributed by atoms with E-state index in [9.17, 15) is 23.7 Å². The molecular formula is C16H12F2N4O4S. The number of rotatable bonds is 7. The normalized spacial score (nSPS) is 10.8. The van der Waals surface area contributed by atoms with Crippen molar-refractivity contribution in [1.82, 2.24) is 9.78 Å². The zero-order valence-corrected chi connectivity index (χ0v) is 14.4. The van der Waals surface area contributed by atoms with Crippen molar-refractivity contribution >= 4 is 28.6 Å². The quantitative estimate of drug-likeness (QED) is 0.486. The van der Waals surface area contributed by atoms with Gasteiger partial charge in [-0.05, 0) is 29.1 Å². The highest BCUT2D eigenvalue weighted by molar-refractivity contribution is 7.12. The molecule has 0 aliphatic rings. The second-order valence-electron chi connectivity index (χ2n) is 5.30. The van der Waals surface area contributed by atoms with E-state index in [1.54, 1.807) is 17.5 Å². The SMILES string of the molecule is O=C(Nc1ccccc1OC(F)F)c1cc(Cn2cc([N+](=O)[O-])cn2)cs1. The molecule has 11 heteroatoms. The Bertz CT molecular complexity index is 973. The van der Waals surface area contributed by atoms with Crippen LogP contribution < -0.4 is 10.1 Å². The number of hydrogen-bond donors (Lipinski definition) is 1. The number of ether oxygens (including phenoxy) is 1. The van der Waals surface area contributed by atoms with Crippen LogP contribution in [0.4, 0.5) is 20.2 Å². The zero-order valence-electron chi connectivity index (χ0n) is 13.5. The molecule has 0 spiro atoms. The molecule has 27 heavy (non-hydrogen) atoms. The van der Waals surface area contributed by atoms with Crippen molar-refractivity contribution < 1.29 is 23.2 Å². The van der Waals surface area contributed by atoms with Gasteiger partial charge in [0.25, 0.3) is 5.91 Å². The van der Waals surface area contributed by atoms with E-state index in [0.717, 1.165) is 23.1 Å². The highest BCUT2D eigenvalue weighted by atomic mass is 32.1. The average Bonchev–Trinajstić information content (AvgIpc) is 3.26. The van der Waals surface area contributed by atoms with E-state index in [-0.39, 0.29) is 23.7 Å². The van der Waals surface area contributed by atoms with Gasteiger partial charge in [0.05, 0.1) is 22.0 Å². The van der Waals surface area contributed by atoms with Gasteiger partial charge >= 0.3 is 12.3 Å². The number of nitro groups is 1. The van der Waals surface area contributed by atoms with E-state index in [1.165, 1.54) is 29.1 Å². The second-order valence-corrected chi connectivity index (χ2v) is 6.21. The molecule has 0 atom stereocenters. The monoisotopic (exact) mass is 394 g/mol. The molecule has 2 aromatic heterocycles. The van der Waals surface area contributed by atoms with Crippen LogP contribution in [0.5, 0.6) is 5.75 Å². The predicted octanol–water partition coefficient (Wildman–Crippen LogP) is 3.75. The van der Waals surface area contributed by atoms with Crippen molar-refractivity contribution in [2.24, 2.45) is 0 Å². The Balaban J connectivity index is 1.69. The number of aromatic nitrogens is 2. The molecule has 1 amide bonds. The first-order valence-electron chi connectivity index (χ1n) is 7.52. The predicted molar refractivity (Wildman–Crippen MR) is 93.3 cm³/mol. The van der Waals surface area contributed by atoms with Crippen LogP contribution in [0.15, 0.2) is 48.1 Å². The van der Waals surface area contributed by atoms with E-state index < -0.39 is 17.4 Å². The van der Waals surface area contributed by atoms with Crippen LogP contribution >= 0.6 is 11.3 Å². The molecule has 3 aromatic rings. The van der Waals surface area contributed by atoms with Gasteiger partial charge in [0, 0.05) is 0 Å². The largest absolute Gasteiger partial charge is 0.433 e. The molecule has 1 N–H and O–H groups in total. The van der Waals surface area contributed by atoms with Gasteiger partial charge in [0.15, 0.2) is 0 Å². The Morgan fingerprint density at radius 3 is 2.89 bits per heavy atom. The minimum atomic E-state index is -3.01. The molecule has 8 nitrogen and oxygen atoms in total. The van der Waals surface area contributed by atoms with Gasteiger partial charge in [-0.1, -0.05) is 12.1 Å². The Kier molecular flexibility index (Phi) is 5.41. The van der Waals surface area contributed by atoms with E-state index >= 15 is 0 Å². The number of anilines is 1. The van der Waals surface area contributed by atoms with Crippen molar-refractivity contribution in [3.8, 4) is 5.75 Å². The molecule has 2 heterocycles. The van der Waals surface area contributed by atoms with Gasteiger partial charge in [-0.15, -0.1) is 11.3 Å². The topological polar surface area (TPSA) is 99.3 Å². The number of nitrogens with one attached hydrogen (secondary N) is 1. The van der Waals surface area contributed by atoms with E-state index in [2.05, 4.69) is 15.2 Å². The van der Waals surface area contributed by atoms with E-state index in [1.807, 2.05) is 0 Å². The number of para-hydroxylation sites is 2. The minimum absolute atomic E-state index is 0.125. The lowest BCUT2D eigenvalue weighted by Crippen LogP contribution is -2.12. The number of carbonyl (C=O) groups excluding carboxylic acids is 1. The number of benzene rings is 1. The second kappa shape index (κ2) is 7.91. The van der Waals surface area contributed by atoms with Crippen LogP contribution in [-0.2, 0) is 6.54 Å². The minimum Gasteiger partial charge on any atom is -0.433 e. The molecule has 0 fully saturated rings. The van der Waals surface area contributed by atoms with Gasteiger partial charge in [-0.2, -0.15) is 13.9 Å². The number of carbonyl (C=O) groups is 1. The molecule has 0 aliphatic carbocycles. The Labute approximate surface area is 155 Å². The van der Waals surface area contributed by atoms with Crippen LogP contribution in [0, 0.1) is 10.1 Å². The fourth-order valence-corrected chi connectivity index (χ4v) is 3.05. The number of alkyl halides is 2. The molecule has 0 aliphatic heterocycles. The molecule has 0 radical (unpaired) electrons. The number of halogens is 2. The zero-order chi connectivity index (χ0) is 19.4. The fourth-order valence-electron chi connectivity index (χ4n) is 2.25. The summed E-state index contributed by atoms with van der Waals surface area (Å²) in [5, 5.41) is 18.8.